The Morgan fingerprint density at radius 3 is 1.81 bits per heavy atom. The predicted molar refractivity (Wildman–Crippen MR) is 95.7 cm³/mol. The number of halogens is 1. The molecule has 1 rings (SSSR count). The first kappa shape index (κ1) is 21.7. The second-order valence-corrected chi connectivity index (χ2v) is 6.95. The minimum absolute atomic E-state index is 0. The smallest absolute Gasteiger partial charge is 1.00 e. The molecule has 1 unspecified atom stereocenters. The summed E-state index contributed by atoms with van der Waals surface area (Å²) in [7, 11) is 0. The molecular weight excluding hydrogens is 331 g/mol. The SMILES string of the molecule is CCCCCCCCCCCCC(Br)c1ccccc1.[H-].[Na+]. The van der Waals surface area contributed by atoms with Gasteiger partial charge in [0.15, 0.2) is 0 Å². The third-order valence-corrected chi connectivity index (χ3v) is 4.96. The molecule has 0 N–H and O–H groups in total. The summed E-state index contributed by atoms with van der Waals surface area (Å²) in [6.45, 7) is 2.28. The normalized spacial score (nSPS) is 11.9. The summed E-state index contributed by atoms with van der Waals surface area (Å²) in [6, 6.07) is 10.8. The Bertz CT molecular complexity index is 318. The summed E-state index contributed by atoms with van der Waals surface area (Å²) in [5.41, 5.74) is 1.42. The van der Waals surface area contributed by atoms with Gasteiger partial charge in [-0.25, -0.2) is 0 Å². The van der Waals surface area contributed by atoms with Gasteiger partial charge in [-0.1, -0.05) is 117 Å². The van der Waals surface area contributed by atoms with Crippen LogP contribution >= 0.6 is 15.9 Å². The van der Waals surface area contributed by atoms with Crippen molar-refractivity contribution in [3.63, 3.8) is 0 Å². The van der Waals surface area contributed by atoms with Crippen molar-refractivity contribution in [1.82, 2.24) is 0 Å². The Balaban J connectivity index is 0. The van der Waals surface area contributed by atoms with Crippen molar-refractivity contribution in [2.75, 3.05) is 0 Å². The Morgan fingerprint density at radius 1 is 0.810 bits per heavy atom. The van der Waals surface area contributed by atoms with E-state index in [1.807, 2.05) is 0 Å². The van der Waals surface area contributed by atoms with Crippen LogP contribution in [0.2, 0.25) is 0 Å². The first-order valence-electron chi connectivity index (χ1n) is 8.53. The van der Waals surface area contributed by atoms with Crippen LogP contribution in [0, 0.1) is 0 Å². The Hall–Kier alpha value is 0.700. The van der Waals surface area contributed by atoms with Crippen LogP contribution in [0.3, 0.4) is 0 Å². The van der Waals surface area contributed by atoms with Crippen molar-refractivity contribution in [2.45, 2.75) is 82.4 Å². The van der Waals surface area contributed by atoms with Crippen LogP contribution in [0.1, 0.15) is 89.4 Å². The van der Waals surface area contributed by atoms with E-state index in [-0.39, 0.29) is 31.0 Å². The van der Waals surface area contributed by atoms with Crippen LogP contribution in [0.5, 0.6) is 0 Å². The molecule has 0 spiro atoms. The summed E-state index contributed by atoms with van der Waals surface area (Å²) in [5, 5.41) is 0. The van der Waals surface area contributed by atoms with Crippen LogP contribution in [0.15, 0.2) is 30.3 Å². The molecule has 0 radical (unpaired) electrons. The van der Waals surface area contributed by atoms with Gasteiger partial charge >= 0.3 is 29.6 Å². The second-order valence-electron chi connectivity index (χ2n) is 5.85. The molecule has 0 amide bonds. The molecule has 2 heteroatoms. The molecule has 0 saturated carbocycles. The second kappa shape index (κ2) is 15.6. The number of benzene rings is 1. The molecule has 0 aliphatic rings. The van der Waals surface area contributed by atoms with Crippen molar-refractivity contribution in [2.24, 2.45) is 0 Å². The van der Waals surface area contributed by atoms with Crippen molar-refractivity contribution >= 4 is 15.9 Å². The van der Waals surface area contributed by atoms with E-state index in [1.54, 1.807) is 0 Å². The van der Waals surface area contributed by atoms with Gasteiger partial charge in [0.1, 0.15) is 0 Å². The summed E-state index contributed by atoms with van der Waals surface area (Å²) in [6.07, 6.45) is 15.4. The minimum atomic E-state index is 0. The summed E-state index contributed by atoms with van der Waals surface area (Å²) < 4.78 is 0. The van der Waals surface area contributed by atoms with E-state index in [1.165, 1.54) is 76.2 Å². The minimum Gasteiger partial charge on any atom is -1.00 e. The van der Waals surface area contributed by atoms with Gasteiger partial charge in [-0.2, -0.15) is 0 Å². The molecular formula is C19H32BrNa. The molecule has 116 valence electrons. The maximum absolute atomic E-state index is 3.80. The average molecular weight is 363 g/mol. The monoisotopic (exact) mass is 362 g/mol. The molecule has 0 saturated heterocycles. The Kier molecular flexibility index (Phi) is 16.1. The third kappa shape index (κ3) is 11.9. The van der Waals surface area contributed by atoms with Crippen LogP contribution in [-0.4, -0.2) is 0 Å². The molecule has 0 aliphatic carbocycles. The number of hydrogen-bond acceptors (Lipinski definition) is 0. The van der Waals surface area contributed by atoms with E-state index in [0.717, 1.165) is 0 Å². The van der Waals surface area contributed by atoms with Gasteiger partial charge in [0, 0.05) is 4.83 Å². The van der Waals surface area contributed by atoms with E-state index < -0.39 is 0 Å². The standard InChI is InChI=1S/C19H31Br.Na.H/c1-2-3-4-5-6-7-8-9-10-14-17-19(20)18-15-12-11-13-16-18;;/h11-13,15-16,19H,2-10,14,17H2,1H3;;/q;+1;-1. The van der Waals surface area contributed by atoms with Gasteiger partial charge in [-0.3, -0.25) is 0 Å². The number of rotatable bonds is 12. The summed E-state index contributed by atoms with van der Waals surface area (Å²) in [5.74, 6) is 0. The van der Waals surface area contributed by atoms with E-state index in [4.69, 9.17) is 0 Å². The number of hydrogen-bond donors (Lipinski definition) is 0. The molecule has 1 aromatic rings. The number of alkyl halides is 1. The summed E-state index contributed by atoms with van der Waals surface area (Å²) >= 11 is 3.80. The van der Waals surface area contributed by atoms with Crippen LogP contribution in [0.25, 0.3) is 0 Å². The van der Waals surface area contributed by atoms with Crippen LogP contribution < -0.4 is 29.6 Å². The Morgan fingerprint density at radius 2 is 1.29 bits per heavy atom. The largest absolute Gasteiger partial charge is 1.00 e. The van der Waals surface area contributed by atoms with Gasteiger partial charge in [-0.15, -0.1) is 0 Å². The zero-order valence-electron chi connectivity index (χ0n) is 15.1. The molecule has 0 bridgehead atoms. The van der Waals surface area contributed by atoms with E-state index in [2.05, 4.69) is 53.2 Å². The molecule has 1 atom stereocenters. The first-order valence-corrected chi connectivity index (χ1v) is 9.45. The molecule has 0 fully saturated rings. The fourth-order valence-corrected chi connectivity index (χ4v) is 3.27. The summed E-state index contributed by atoms with van der Waals surface area (Å²) in [4.78, 5) is 0.540. The molecule has 0 nitrogen and oxygen atoms in total. The van der Waals surface area contributed by atoms with E-state index >= 15 is 0 Å². The van der Waals surface area contributed by atoms with Gasteiger partial charge in [0.2, 0.25) is 0 Å². The Labute approximate surface area is 164 Å². The third-order valence-electron chi connectivity index (χ3n) is 3.97. The van der Waals surface area contributed by atoms with Crippen molar-refractivity contribution in [3.05, 3.63) is 35.9 Å². The molecule has 1 aromatic carbocycles. The van der Waals surface area contributed by atoms with Crippen LogP contribution in [0.4, 0.5) is 0 Å². The van der Waals surface area contributed by atoms with Crippen molar-refractivity contribution < 1.29 is 31.0 Å². The predicted octanol–water partition coefficient (Wildman–Crippen LogP) is 4.55. The van der Waals surface area contributed by atoms with Crippen molar-refractivity contribution in [3.8, 4) is 0 Å². The fourth-order valence-electron chi connectivity index (χ4n) is 2.64. The maximum Gasteiger partial charge on any atom is 1.00 e. The fraction of sp³-hybridized carbons (Fsp3) is 0.684. The maximum atomic E-state index is 3.80. The van der Waals surface area contributed by atoms with Gasteiger partial charge in [0.25, 0.3) is 0 Å². The van der Waals surface area contributed by atoms with E-state index in [9.17, 15) is 0 Å². The van der Waals surface area contributed by atoms with Gasteiger partial charge < -0.3 is 1.43 Å². The quantitative estimate of drug-likeness (QED) is 0.290. The molecule has 0 aromatic heterocycles. The molecule has 21 heavy (non-hydrogen) atoms. The van der Waals surface area contributed by atoms with Gasteiger partial charge in [0.05, 0.1) is 0 Å². The topological polar surface area (TPSA) is 0 Å². The molecule has 0 heterocycles. The number of unbranched alkanes of at least 4 members (excludes halogenated alkanes) is 9. The van der Waals surface area contributed by atoms with Crippen LogP contribution in [-0.2, 0) is 0 Å². The van der Waals surface area contributed by atoms with E-state index in [0.29, 0.717) is 4.83 Å². The van der Waals surface area contributed by atoms with Gasteiger partial charge in [-0.05, 0) is 12.0 Å². The molecule has 0 aliphatic heterocycles. The zero-order chi connectivity index (χ0) is 14.5. The van der Waals surface area contributed by atoms with Crippen molar-refractivity contribution in [1.29, 1.82) is 0 Å². The first-order chi connectivity index (χ1) is 9.84. The average Bonchev–Trinajstić information content (AvgIpc) is 2.50. The zero-order valence-corrected chi connectivity index (χ0v) is 17.7.